The first kappa shape index (κ1) is 24.7. The molecule has 9 heteroatoms. The van der Waals surface area contributed by atoms with Gasteiger partial charge in [0.2, 0.25) is 5.88 Å². The number of aryl methyl sites for hydroxylation is 1. The van der Waals surface area contributed by atoms with Gasteiger partial charge in [-0.3, -0.25) is 0 Å². The number of ether oxygens (including phenoxy) is 2. The maximum Gasteiger partial charge on any atom is 0.394 e. The average Bonchev–Trinajstić information content (AvgIpc) is 3.61. The Morgan fingerprint density at radius 3 is 2.56 bits per heavy atom. The second kappa shape index (κ2) is 10.1. The molecule has 0 amide bonds. The van der Waals surface area contributed by atoms with Crippen LogP contribution in [0.25, 0.3) is 11.1 Å². The number of rotatable bonds is 9. The Kier molecular flexibility index (Phi) is 7.33. The number of nitrogens with one attached hydrogen (secondary N) is 1. The van der Waals surface area contributed by atoms with Crippen molar-refractivity contribution in [3.8, 4) is 17.0 Å². The monoisotopic (exact) mass is 482 g/mol. The SMILES string of the molecule is Cc1cc(F)c(NCCC2(C(F)(F)F)CC2)cc1-c1cc(OCCO)nc(C2CCOCC2)c1. The first-order chi connectivity index (χ1) is 16.2. The molecule has 1 aromatic carbocycles. The standard InChI is InChI=1S/C25H30F4N2O3/c1-16-12-20(26)22(30-7-6-24(4-5-24)25(27,28)29)15-19(16)18-13-21(17-2-9-33-10-3-17)31-23(14-18)34-11-8-32/h12-15,17,30,32H,2-11H2,1H3. The van der Waals surface area contributed by atoms with Crippen LogP contribution in [0.5, 0.6) is 5.88 Å². The number of hydrogen-bond acceptors (Lipinski definition) is 5. The van der Waals surface area contributed by atoms with E-state index in [2.05, 4.69) is 10.3 Å². The maximum atomic E-state index is 14.7. The van der Waals surface area contributed by atoms with Gasteiger partial charge >= 0.3 is 6.18 Å². The second-order valence-corrected chi connectivity index (χ2v) is 9.18. The van der Waals surface area contributed by atoms with Gasteiger partial charge in [-0.15, -0.1) is 0 Å². The molecule has 1 aliphatic heterocycles. The normalized spacial score (nSPS) is 18.1. The van der Waals surface area contributed by atoms with Gasteiger partial charge in [-0.05, 0) is 73.9 Å². The number of aromatic nitrogens is 1. The van der Waals surface area contributed by atoms with Crippen LogP contribution in [-0.4, -0.2) is 49.2 Å². The Morgan fingerprint density at radius 1 is 1.18 bits per heavy atom. The van der Waals surface area contributed by atoms with Crippen LogP contribution in [-0.2, 0) is 4.74 Å². The van der Waals surface area contributed by atoms with Gasteiger partial charge in [-0.2, -0.15) is 13.2 Å². The van der Waals surface area contributed by atoms with E-state index in [9.17, 15) is 17.6 Å². The Bertz CT molecular complexity index is 1000. The summed E-state index contributed by atoms with van der Waals surface area (Å²) in [4.78, 5) is 4.61. The van der Waals surface area contributed by atoms with E-state index >= 15 is 0 Å². The Labute approximate surface area is 196 Å². The lowest BCUT2D eigenvalue weighted by Gasteiger charge is -2.23. The number of aliphatic hydroxyl groups is 1. The highest BCUT2D eigenvalue weighted by Crippen LogP contribution is 2.59. The minimum Gasteiger partial charge on any atom is -0.475 e. The van der Waals surface area contributed by atoms with Crippen LogP contribution in [0.1, 0.15) is 49.3 Å². The predicted molar refractivity (Wildman–Crippen MR) is 121 cm³/mol. The van der Waals surface area contributed by atoms with Gasteiger partial charge in [-0.25, -0.2) is 9.37 Å². The minimum atomic E-state index is -4.23. The summed E-state index contributed by atoms with van der Waals surface area (Å²) in [5.74, 6) is 0.0568. The Balaban J connectivity index is 1.59. The van der Waals surface area contributed by atoms with Gasteiger partial charge in [0.05, 0.1) is 17.7 Å². The van der Waals surface area contributed by atoms with E-state index in [4.69, 9.17) is 14.6 Å². The third-order valence-electron chi connectivity index (χ3n) is 6.80. The molecule has 0 atom stereocenters. The van der Waals surface area contributed by atoms with Crippen molar-refractivity contribution in [3.63, 3.8) is 0 Å². The zero-order valence-corrected chi connectivity index (χ0v) is 19.2. The van der Waals surface area contributed by atoms with Crippen LogP contribution < -0.4 is 10.1 Å². The lowest BCUT2D eigenvalue weighted by Crippen LogP contribution is -2.26. The van der Waals surface area contributed by atoms with Gasteiger partial charge in [0, 0.05) is 37.4 Å². The van der Waals surface area contributed by atoms with Crippen molar-refractivity contribution in [1.29, 1.82) is 0 Å². The fourth-order valence-corrected chi connectivity index (χ4v) is 4.49. The van der Waals surface area contributed by atoms with Crippen molar-refractivity contribution in [3.05, 3.63) is 41.3 Å². The molecule has 2 heterocycles. The van der Waals surface area contributed by atoms with Crippen LogP contribution >= 0.6 is 0 Å². The summed E-state index contributed by atoms with van der Waals surface area (Å²) in [6.45, 7) is 3.06. The molecule has 0 bridgehead atoms. The van der Waals surface area contributed by atoms with Crippen LogP contribution in [0, 0.1) is 18.2 Å². The highest BCUT2D eigenvalue weighted by molar-refractivity contribution is 5.73. The molecular weight excluding hydrogens is 452 g/mol. The molecular formula is C25H30F4N2O3. The van der Waals surface area contributed by atoms with Gasteiger partial charge in [0.25, 0.3) is 0 Å². The summed E-state index contributed by atoms with van der Waals surface area (Å²) in [5.41, 5.74) is 1.58. The minimum absolute atomic E-state index is 0.0352. The number of anilines is 1. The van der Waals surface area contributed by atoms with Gasteiger partial charge < -0.3 is 19.9 Å². The summed E-state index contributed by atoms with van der Waals surface area (Å²) < 4.78 is 65.4. The highest BCUT2D eigenvalue weighted by atomic mass is 19.4. The van der Waals surface area contributed by atoms with Crippen LogP contribution in [0.4, 0.5) is 23.2 Å². The second-order valence-electron chi connectivity index (χ2n) is 9.18. The van der Waals surface area contributed by atoms with Crippen molar-refractivity contribution < 1.29 is 32.1 Å². The highest BCUT2D eigenvalue weighted by Gasteiger charge is 2.62. The molecule has 1 saturated heterocycles. The van der Waals surface area contributed by atoms with Gasteiger partial charge in [0.1, 0.15) is 12.4 Å². The molecule has 0 spiro atoms. The van der Waals surface area contributed by atoms with Crippen molar-refractivity contribution in [2.45, 2.75) is 51.1 Å². The van der Waals surface area contributed by atoms with Crippen LogP contribution in [0.3, 0.4) is 0 Å². The summed E-state index contributed by atoms with van der Waals surface area (Å²) in [6, 6.07) is 6.72. The fraction of sp³-hybridized carbons (Fsp3) is 0.560. The number of pyridine rings is 1. The lowest BCUT2D eigenvalue weighted by molar-refractivity contribution is -0.187. The van der Waals surface area contributed by atoms with E-state index in [1.54, 1.807) is 19.1 Å². The summed E-state index contributed by atoms with van der Waals surface area (Å²) in [7, 11) is 0. The van der Waals surface area contributed by atoms with E-state index in [0.717, 1.165) is 29.7 Å². The topological polar surface area (TPSA) is 63.6 Å². The number of alkyl halides is 3. The van der Waals surface area contributed by atoms with Crippen molar-refractivity contribution in [2.24, 2.45) is 5.41 Å². The molecule has 0 unspecified atom stereocenters. The van der Waals surface area contributed by atoms with E-state index in [-0.39, 0.29) is 50.6 Å². The molecule has 5 nitrogen and oxygen atoms in total. The van der Waals surface area contributed by atoms with E-state index in [1.807, 2.05) is 6.07 Å². The van der Waals surface area contributed by atoms with E-state index in [0.29, 0.717) is 24.7 Å². The molecule has 1 aromatic heterocycles. The summed E-state index contributed by atoms with van der Waals surface area (Å²) >= 11 is 0. The molecule has 186 valence electrons. The Morgan fingerprint density at radius 2 is 1.91 bits per heavy atom. The number of benzene rings is 1. The molecule has 0 radical (unpaired) electrons. The number of nitrogens with zero attached hydrogens (tertiary/aromatic N) is 1. The first-order valence-electron chi connectivity index (χ1n) is 11.7. The quantitative estimate of drug-likeness (QED) is 0.455. The van der Waals surface area contributed by atoms with Crippen molar-refractivity contribution in [2.75, 3.05) is 38.3 Å². The van der Waals surface area contributed by atoms with Gasteiger partial charge in [-0.1, -0.05) is 0 Å². The van der Waals surface area contributed by atoms with Crippen molar-refractivity contribution in [1.82, 2.24) is 4.98 Å². The number of aliphatic hydroxyl groups excluding tert-OH is 1. The molecule has 2 aliphatic rings. The summed E-state index contributed by atoms with van der Waals surface area (Å²) in [6.07, 6.45) is -2.40. The zero-order chi connectivity index (χ0) is 24.3. The van der Waals surface area contributed by atoms with Gasteiger partial charge in [0.15, 0.2) is 0 Å². The zero-order valence-electron chi connectivity index (χ0n) is 19.2. The molecule has 34 heavy (non-hydrogen) atoms. The molecule has 1 aliphatic carbocycles. The first-order valence-corrected chi connectivity index (χ1v) is 11.7. The van der Waals surface area contributed by atoms with E-state index in [1.165, 1.54) is 6.07 Å². The van der Waals surface area contributed by atoms with Crippen LogP contribution in [0.2, 0.25) is 0 Å². The van der Waals surface area contributed by atoms with E-state index < -0.39 is 17.4 Å². The molecule has 4 rings (SSSR count). The molecule has 2 N–H and O–H groups in total. The summed E-state index contributed by atoms with van der Waals surface area (Å²) in [5, 5.41) is 12.0. The fourth-order valence-electron chi connectivity index (χ4n) is 4.49. The number of halogens is 4. The maximum absolute atomic E-state index is 14.7. The Hall–Kier alpha value is -2.39. The smallest absolute Gasteiger partial charge is 0.394 e. The number of hydrogen-bond donors (Lipinski definition) is 2. The molecule has 2 aromatic rings. The third-order valence-corrected chi connectivity index (χ3v) is 6.80. The van der Waals surface area contributed by atoms with Crippen LogP contribution in [0.15, 0.2) is 24.3 Å². The molecule has 1 saturated carbocycles. The predicted octanol–water partition coefficient (Wildman–Crippen LogP) is 5.61. The van der Waals surface area contributed by atoms with Crippen molar-refractivity contribution >= 4 is 5.69 Å². The molecule has 2 fully saturated rings. The average molecular weight is 483 g/mol. The third kappa shape index (κ3) is 5.46. The lowest BCUT2D eigenvalue weighted by atomic mass is 9.92. The largest absolute Gasteiger partial charge is 0.475 e.